The van der Waals surface area contributed by atoms with Gasteiger partial charge in [-0.15, -0.1) is 0 Å². The summed E-state index contributed by atoms with van der Waals surface area (Å²) in [6, 6.07) is 11.3. The second-order valence-corrected chi connectivity index (χ2v) is 9.96. The van der Waals surface area contributed by atoms with Crippen LogP contribution in [0.2, 0.25) is 5.02 Å². The normalized spacial score (nSPS) is 14.4. The van der Waals surface area contributed by atoms with Gasteiger partial charge in [0.2, 0.25) is 0 Å². The molecule has 4 aromatic rings. The molecule has 1 fully saturated rings. The maximum Gasteiger partial charge on any atom is 0.410 e. The molecule has 198 valence electrons. The molecule has 2 aromatic carbocycles. The third-order valence-corrected chi connectivity index (χ3v) is 7.50. The molecule has 2 N–H and O–H groups in total. The number of nitrogens with zero attached hydrogens (tertiary/aromatic N) is 5. The number of amides is 1. The van der Waals surface area contributed by atoms with Crippen molar-refractivity contribution in [1.82, 2.24) is 24.6 Å². The third-order valence-electron chi connectivity index (χ3n) is 7.10. The molecule has 9 nitrogen and oxygen atoms in total. The first-order valence-corrected chi connectivity index (χ1v) is 13.0. The molecule has 1 unspecified atom stereocenters. The molecule has 10 heteroatoms. The van der Waals surface area contributed by atoms with E-state index in [0.717, 1.165) is 39.1 Å². The molecule has 5 rings (SSSR count). The molecule has 1 atom stereocenters. The van der Waals surface area contributed by atoms with Gasteiger partial charge in [0.15, 0.2) is 5.65 Å². The number of aromatic nitrogens is 4. The smallest absolute Gasteiger partial charge is 0.410 e. The van der Waals surface area contributed by atoms with Crippen molar-refractivity contribution < 1.29 is 14.3 Å². The highest BCUT2D eigenvalue weighted by atomic mass is 35.5. The SMILES string of the molecule is CCOc1c(C(C)n2nc(C)c3c(N)ncnc32)cc(Cl)c(C)c1C1CN(C(=O)OCc2ccccc2)C1. The quantitative estimate of drug-likeness (QED) is 0.337. The lowest BCUT2D eigenvalue weighted by Gasteiger charge is -2.40. The van der Waals surface area contributed by atoms with Crippen LogP contribution in [-0.4, -0.2) is 50.4 Å². The molecule has 0 saturated carbocycles. The third kappa shape index (κ3) is 4.62. The second-order valence-electron chi connectivity index (χ2n) is 9.55. The maximum atomic E-state index is 12.7. The highest BCUT2D eigenvalue weighted by Gasteiger charge is 2.37. The van der Waals surface area contributed by atoms with Crippen LogP contribution in [0.5, 0.6) is 5.75 Å². The Labute approximate surface area is 226 Å². The van der Waals surface area contributed by atoms with Crippen molar-refractivity contribution in [3.8, 4) is 5.75 Å². The minimum absolute atomic E-state index is 0.0690. The average Bonchev–Trinajstić information content (AvgIpc) is 3.23. The van der Waals surface area contributed by atoms with Crippen molar-refractivity contribution >= 4 is 34.5 Å². The van der Waals surface area contributed by atoms with Crippen LogP contribution in [-0.2, 0) is 11.3 Å². The fourth-order valence-corrected chi connectivity index (χ4v) is 5.28. The van der Waals surface area contributed by atoms with Crippen LogP contribution in [0.4, 0.5) is 10.6 Å². The zero-order valence-electron chi connectivity index (χ0n) is 21.9. The monoisotopic (exact) mass is 534 g/mol. The van der Waals surface area contributed by atoms with Gasteiger partial charge in [0.1, 0.15) is 24.5 Å². The number of carbonyl (C=O) groups excluding carboxylic acids is 1. The van der Waals surface area contributed by atoms with Crippen LogP contribution < -0.4 is 10.5 Å². The topological polar surface area (TPSA) is 108 Å². The van der Waals surface area contributed by atoms with Gasteiger partial charge in [-0.3, -0.25) is 0 Å². The number of rotatable bonds is 7. The van der Waals surface area contributed by atoms with Crippen molar-refractivity contribution in [1.29, 1.82) is 0 Å². The van der Waals surface area contributed by atoms with E-state index in [1.807, 2.05) is 68.8 Å². The lowest BCUT2D eigenvalue weighted by atomic mass is 9.85. The molecular weight excluding hydrogens is 504 g/mol. The fourth-order valence-electron chi connectivity index (χ4n) is 5.06. The number of carbonyl (C=O) groups is 1. The average molecular weight is 535 g/mol. The van der Waals surface area contributed by atoms with Gasteiger partial charge in [0.05, 0.1) is 23.7 Å². The molecule has 0 radical (unpaired) electrons. The van der Waals surface area contributed by atoms with Crippen molar-refractivity contribution in [2.24, 2.45) is 0 Å². The van der Waals surface area contributed by atoms with E-state index >= 15 is 0 Å². The number of hydrogen-bond donors (Lipinski definition) is 1. The van der Waals surface area contributed by atoms with Crippen LogP contribution in [0.25, 0.3) is 11.0 Å². The van der Waals surface area contributed by atoms with E-state index < -0.39 is 0 Å². The van der Waals surface area contributed by atoms with Crippen molar-refractivity contribution in [3.05, 3.63) is 75.7 Å². The van der Waals surface area contributed by atoms with Gasteiger partial charge >= 0.3 is 6.09 Å². The fraction of sp³-hybridized carbons (Fsp3) is 0.357. The predicted molar refractivity (Wildman–Crippen MR) is 147 cm³/mol. The van der Waals surface area contributed by atoms with Crippen LogP contribution in [0.3, 0.4) is 0 Å². The van der Waals surface area contributed by atoms with Gasteiger partial charge in [0.25, 0.3) is 0 Å². The number of aryl methyl sites for hydroxylation is 1. The number of nitrogen functional groups attached to an aromatic ring is 1. The first-order chi connectivity index (χ1) is 18.3. The summed E-state index contributed by atoms with van der Waals surface area (Å²) < 4.78 is 13.6. The van der Waals surface area contributed by atoms with Gasteiger partial charge in [-0.1, -0.05) is 41.9 Å². The predicted octanol–water partition coefficient (Wildman–Crippen LogP) is 5.42. The number of ether oxygens (including phenoxy) is 2. The minimum Gasteiger partial charge on any atom is -0.493 e. The minimum atomic E-state index is -0.327. The van der Waals surface area contributed by atoms with Crippen LogP contribution in [0, 0.1) is 13.8 Å². The summed E-state index contributed by atoms with van der Waals surface area (Å²) in [5.74, 6) is 1.24. The van der Waals surface area contributed by atoms with E-state index in [4.69, 9.17) is 31.9 Å². The number of benzene rings is 2. The van der Waals surface area contributed by atoms with Crippen LogP contribution >= 0.6 is 11.6 Å². The van der Waals surface area contributed by atoms with Crippen molar-refractivity contribution in [2.45, 2.75) is 46.3 Å². The number of likely N-dealkylation sites (tertiary alicyclic amines) is 1. The van der Waals surface area contributed by atoms with Gasteiger partial charge in [-0.05, 0) is 44.9 Å². The van der Waals surface area contributed by atoms with E-state index in [1.165, 1.54) is 6.33 Å². The van der Waals surface area contributed by atoms with Gasteiger partial charge in [-0.25, -0.2) is 19.4 Å². The molecular formula is C28H31ClN6O3. The molecule has 0 spiro atoms. The number of anilines is 1. The Balaban J connectivity index is 1.43. The largest absolute Gasteiger partial charge is 0.493 e. The first-order valence-electron chi connectivity index (χ1n) is 12.7. The second kappa shape index (κ2) is 10.5. The molecule has 1 aliphatic heterocycles. The summed E-state index contributed by atoms with van der Waals surface area (Å²) in [6.07, 6.45) is 1.12. The van der Waals surface area contributed by atoms with Gasteiger partial charge < -0.3 is 20.1 Å². The highest BCUT2D eigenvalue weighted by molar-refractivity contribution is 6.31. The molecule has 1 aliphatic rings. The van der Waals surface area contributed by atoms with Crippen LogP contribution in [0.15, 0.2) is 42.7 Å². The van der Waals surface area contributed by atoms with Crippen LogP contribution in [0.1, 0.15) is 53.8 Å². The molecule has 0 aliphatic carbocycles. The maximum absolute atomic E-state index is 12.7. The molecule has 2 aromatic heterocycles. The Hall–Kier alpha value is -3.85. The summed E-state index contributed by atoms with van der Waals surface area (Å²) in [5.41, 5.74) is 11.3. The molecule has 38 heavy (non-hydrogen) atoms. The zero-order chi connectivity index (χ0) is 27.0. The van der Waals surface area contributed by atoms with Crippen molar-refractivity contribution in [2.75, 3.05) is 25.4 Å². The summed E-state index contributed by atoms with van der Waals surface area (Å²) in [5, 5.41) is 6.11. The van der Waals surface area contributed by atoms with Gasteiger partial charge in [0, 0.05) is 35.2 Å². The van der Waals surface area contributed by atoms with E-state index in [9.17, 15) is 4.79 Å². The van der Waals surface area contributed by atoms with E-state index in [1.54, 1.807) is 4.90 Å². The number of halogens is 1. The van der Waals surface area contributed by atoms with Crippen molar-refractivity contribution in [3.63, 3.8) is 0 Å². The Morgan fingerprint density at radius 2 is 1.95 bits per heavy atom. The molecule has 3 heterocycles. The lowest BCUT2D eigenvalue weighted by Crippen LogP contribution is -2.49. The zero-order valence-corrected chi connectivity index (χ0v) is 22.7. The summed E-state index contributed by atoms with van der Waals surface area (Å²) in [7, 11) is 0. The summed E-state index contributed by atoms with van der Waals surface area (Å²) >= 11 is 6.78. The van der Waals surface area contributed by atoms with E-state index in [2.05, 4.69) is 9.97 Å². The Kier molecular flexibility index (Phi) is 7.12. The molecule has 1 amide bonds. The summed E-state index contributed by atoms with van der Waals surface area (Å²) in [4.78, 5) is 22.9. The Morgan fingerprint density at radius 1 is 1.21 bits per heavy atom. The standard InChI is InChI=1S/C28H31ClN6O3/c1-5-37-25-21(18(4)35-27-24(17(3)33-35)26(30)31-15-32-27)11-22(29)16(2)23(25)20-12-34(13-20)28(36)38-14-19-9-7-6-8-10-19/h6-11,15,18,20H,5,12-14H2,1-4H3,(H2,30,31,32). The Bertz CT molecular complexity index is 1480. The van der Waals surface area contributed by atoms with E-state index in [0.29, 0.717) is 36.2 Å². The number of fused-ring (bicyclic) bond motifs is 1. The molecule has 0 bridgehead atoms. The number of nitrogens with two attached hydrogens (primary N) is 1. The lowest BCUT2D eigenvalue weighted by molar-refractivity contribution is 0.0657. The highest BCUT2D eigenvalue weighted by Crippen LogP contribution is 2.44. The number of hydrogen-bond acceptors (Lipinski definition) is 7. The first kappa shape index (κ1) is 25.8. The van der Waals surface area contributed by atoms with Gasteiger partial charge in [-0.2, -0.15) is 5.10 Å². The molecule has 1 saturated heterocycles. The summed E-state index contributed by atoms with van der Waals surface area (Å²) in [6.45, 7) is 9.65. The Morgan fingerprint density at radius 3 is 2.66 bits per heavy atom. The van der Waals surface area contributed by atoms with E-state index in [-0.39, 0.29) is 24.7 Å².